The summed E-state index contributed by atoms with van der Waals surface area (Å²) in [5.74, 6) is 0.304. The van der Waals surface area contributed by atoms with E-state index in [0.717, 1.165) is 15.6 Å². The molecule has 0 atom stereocenters. The van der Waals surface area contributed by atoms with Crippen LogP contribution in [-0.4, -0.2) is 17.7 Å². The lowest BCUT2D eigenvalue weighted by atomic mass is 10.1. The van der Waals surface area contributed by atoms with Crippen molar-refractivity contribution in [3.05, 3.63) is 75.0 Å². The number of nitrogens with zero attached hydrogens (tertiary/aromatic N) is 1. The smallest absolute Gasteiger partial charge is 0.339 e. The zero-order chi connectivity index (χ0) is 20.2. The molecule has 0 N–H and O–H groups in total. The quantitative estimate of drug-likeness (QED) is 0.400. The van der Waals surface area contributed by atoms with Crippen LogP contribution in [0, 0.1) is 12.7 Å². The minimum absolute atomic E-state index is 0.0802. The number of thiazole rings is 1. The Morgan fingerprint density at radius 3 is 3.03 bits per heavy atom. The highest BCUT2D eigenvalue weighted by molar-refractivity contribution is 7.98. The van der Waals surface area contributed by atoms with Crippen molar-refractivity contribution in [1.82, 2.24) is 4.98 Å². The van der Waals surface area contributed by atoms with E-state index in [2.05, 4.69) is 4.98 Å². The second-order valence-electron chi connectivity index (χ2n) is 6.38. The third-order valence-corrected chi connectivity index (χ3v) is 6.19. The first-order chi connectivity index (χ1) is 14.1. The van der Waals surface area contributed by atoms with Crippen molar-refractivity contribution in [3.8, 4) is 5.75 Å². The third-order valence-electron chi connectivity index (χ3n) is 4.26. The van der Waals surface area contributed by atoms with Crippen LogP contribution in [0.15, 0.2) is 46.7 Å². The predicted octanol–water partition coefficient (Wildman–Crippen LogP) is 5.11. The first-order valence-electron chi connectivity index (χ1n) is 8.92. The van der Waals surface area contributed by atoms with Gasteiger partial charge < -0.3 is 14.2 Å². The van der Waals surface area contributed by atoms with E-state index in [1.54, 1.807) is 23.5 Å². The fraction of sp³-hybridized carbons (Fsp3) is 0.238. The second kappa shape index (κ2) is 8.94. The molecule has 2 aromatic carbocycles. The van der Waals surface area contributed by atoms with Crippen molar-refractivity contribution in [2.75, 3.05) is 6.79 Å². The van der Waals surface area contributed by atoms with Crippen LogP contribution in [0.2, 0.25) is 0 Å². The largest absolute Gasteiger partial charge is 0.467 e. The van der Waals surface area contributed by atoms with Gasteiger partial charge in [0.1, 0.15) is 18.2 Å². The summed E-state index contributed by atoms with van der Waals surface area (Å²) >= 11 is 3.13. The van der Waals surface area contributed by atoms with Crippen molar-refractivity contribution >= 4 is 29.1 Å². The first kappa shape index (κ1) is 19.9. The molecule has 3 aromatic rings. The van der Waals surface area contributed by atoms with Gasteiger partial charge in [-0.15, -0.1) is 23.1 Å². The second-order valence-corrected chi connectivity index (χ2v) is 8.46. The molecular weight excluding hydrogens is 413 g/mol. The van der Waals surface area contributed by atoms with Crippen LogP contribution < -0.4 is 4.74 Å². The highest BCUT2D eigenvalue weighted by atomic mass is 32.2. The minimum Gasteiger partial charge on any atom is -0.467 e. The van der Waals surface area contributed by atoms with Crippen LogP contribution in [0.1, 0.15) is 32.2 Å². The predicted molar refractivity (Wildman–Crippen MR) is 109 cm³/mol. The molecule has 1 aromatic heterocycles. The number of aromatic nitrogens is 1. The minimum atomic E-state index is -0.465. The number of rotatable bonds is 6. The molecule has 2 heterocycles. The Hall–Kier alpha value is -2.42. The molecule has 0 bridgehead atoms. The van der Waals surface area contributed by atoms with Gasteiger partial charge in [-0.2, -0.15) is 0 Å². The number of aryl methyl sites for hydroxylation is 1. The molecule has 29 heavy (non-hydrogen) atoms. The van der Waals surface area contributed by atoms with Gasteiger partial charge in [0.2, 0.25) is 0 Å². The lowest BCUT2D eigenvalue weighted by Gasteiger charge is -2.20. The Bertz CT molecular complexity index is 1040. The monoisotopic (exact) mass is 431 g/mol. The molecule has 0 saturated carbocycles. The fourth-order valence-electron chi connectivity index (χ4n) is 2.97. The summed E-state index contributed by atoms with van der Waals surface area (Å²) < 4.78 is 30.0. The normalized spacial score (nSPS) is 12.9. The summed E-state index contributed by atoms with van der Waals surface area (Å²) in [6.07, 6.45) is 0. The van der Waals surface area contributed by atoms with E-state index < -0.39 is 11.8 Å². The molecule has 0 radical (unpaired) electrons. The zero-order valence-electron chi connectivity index (χ0n) is 15.6. The Labute approximate surface area is 175 Å². The lowest BCUT2D eigenvalue weighted by Crippen LogP contribution is -2.15. The van der Waals surface area contributed by atoms with Crippen molar-refractivity contribution in [2.45, 2.75) is 30.8 Å². The molecule has 0 amide bonds. The number of halogens is 1. The Morgan fingerprint density at radius 1 is 1.34 bits per heavy atom. The van der Waals surface area contributed by atoms with Gasteiger partial charge in [-0.3, -0.25) is 0 Å². The molecule has 5 nitrogen and oxygen atoms in total. The van der Waals surface area contributed by atoms with Crippen LogP contribution in [0.3, 0.4) is 0 Å². The van der Waals surface area contributed by atoms with Crippen molar-refractivity contribution in [1.29, 1.82) is 0 Å². The van der Waals surface area contributed by atoms with Crippen LogP contribution in [0.4, 0.5) is 4.39 Å². The maximum atomic E-state index is 13.9. The first-order valence-corrected chi connectivity index (χ1v) is 10.8. The summed E-state index contributed by atoms with van der Waals surface area (Å²) in [6.45, 7) is 2.24. The summed E-state index contributed by atoms with van der Waals surface area (Å²) in [4.78, 5) is 18.0. The average molecular weight is 432 g/mol. The van der Waals surface area contributed by atoms with E-state index in [1.165, 1.54) is 23.9 Å². The van der Waals surface area contributed by atoms with Crippen LogP contribution in [0.25, 0.3) is 0 Å². The van der Waals surface area contributed by atoms with Crippen LogP contribution in [-0.2, 0) is 28.4 Å². The molecule has 4 rings (SSSR count). The highest BCUT2D eigenvalue weighted by Crippen LogP contribution is 2.31. The molecule has 0 spiro atoms. The number of carbonyl (C=O) groups excluding carboxylic acids is 1. The van der Waals surface area contributed by atoms with Gasteiger partial charge in [-0.25, -0.2) is 14.2 Å². The number of thioether (sulfide) groups is 1. The summed E-state index contributed by atoms with van der Waals surface area (Å²) in [7, 11) is 0. The number of benzene rings is 2. The average Bonchev–Trinajstić information content (AvgIpc) is 3.15. The van der Waals surface area contributed by atoms with Crippen molar-refractivity contribution < 1.29 is 23.4 Å². The molecular formula is C21H18FNO4S2. The Balaban J connectivity index is 1.46. The standard InChI is InChI=1S/C21H18FNO4S2/c1-13-23-17(10-28-13)11-29-19-5-3-2-4-18(19)21(24)26-9-15-7-16(22)6-14-8-25-12-27-20(14)15/h2-7,10H,8-9,11-12H2,1H3. The van der Waals surface area contributed by atoms with E-state index in [-0.39, 0.29) is 20.0 Å². The molecule has 0 unspecified atom stereocenters. The summed E-state index contributed by atoms with van der Waals surface area (Å²) in [5.41, 5.74) is 2.54. The number of carbonyl (C=O) groups is 1. The van der Waals surface area contributed by atoms with E-state index in [0.29, 0.717) is 28.2 Å². The van der Waals surface area contributed by atoms with Gasteiger partial charge in [0, 0.05) is 27.2 Å². The number of ether oxygens (including phenoxy) is 3. The molecule has 0 fully saturated rings. The number of esters is 1. The van der Waals surface area contributed by atoms with E-state index in [4.69, 9.17) is 14.2 Å². The molecule has 150 valence electrons. The van der Waals surface area contributed by atoms with Gasteiger partial charge in [-0.05, 0) is 31.2 Å². The third kappa shape index (κ3) is 4.77. The van der Waals surface area contributed by atoms with Gasteiger partial charge in [-0.1, -0.05) is 12.1 Å². The Kier molecular flexibility index (Phi) is 6.13. The molecule has 0 aliphatic carbocycles. The van der Waals surface area contributed by atoms with Gasteiger partial charge >= 0.3 is 5.97 Å². The van der Waals surface area contributed by atoms with Gasteiger partial charge in [0.15, 0.2) is 6.79 Å². The Morgan fingerprint density at radius 2 is 2.21 bits per heavy atom. The lowest BCUT2D eigenvalue weighted by molar-refractivity contribution is -0.0183. The number of hydrogen-bond acceptors (Lipinski definition) is 7. The topological polar surface area (TPSA) is 57.7 Å². The van der Waals surface area contributed by atoms with Crippen molar-refractivity contribution in [3.63, 3.8) is 0 Å². The zero-order valence-corrected chi connectivity index (χ0v) is 17.3. The number of hydrogen-bond donors (Lipinski definition) is 0. The van der Waals surface area contributed by atoms with Gasteiger partial charge in [0.05, 0.1) is 22.9 Å². The molecule has 0 saturated heterocycles. The summed E-state index contributed by atoms with van der Waals surface area (Å²) in [5, 5.41) is 3.03. The molecule has 1 aliphatic rings. The molecule has 8 heteroatoms. The van der Waals surface area contributed by atoms with Crippen molar-refractivity contribution in [2.24, 2.45) is 0 Å². The molecule has 1 aliphatic heterocycles. The maximum absolute atomic E-state index is 13.9. The van der Waals surface area contributed by atoms with Gasteiger partial charge in [0.25, 0.3) is 0 Å². The highest BCUT2D eigenvalue weighted by Gasteiger charge is 2.19. The van der Waals surface area contributed by atoms with E-state index >= 15 is 0 Å². The van der Waals surface area contributed by atoms with E-state index in [1.807, 2.05) is 24.4 Å². The fourth-order valence-corrected chi connectivity index (χ4v) is 4.62. The van der Waals surface area contributed by atoms with Crippen LogP contribution >= 0.6 is 23.1 Å². The van der Waals surface area contributed by atoms with E-state index in [9.17, 15) is 9.18 Å². The maximum Gasteiger partial charge on any atom is 0.339 e. The van der Waals surface area contributed by atoms with Crippen LogP contribution in [0.5, 0.6) is 5.75 Å². The number of fused-ring (bicyclic) bond motifs is 1. The SMILES string of the molecule is Cc1nc(CSc2ccccc2C(=O)OCc2cc(F)cc3c2OCOC3)cs1. The summed E-state index contributed by atoms with van der Waals surface area (Å²) in [6, 6.07) is 9.96.